The molecule has 0 spiro atoms. The fourth-order valence-corrected chi connectivity index (χ4v) is 5.89. The molecule has 168 valence electrons. The smallest absolute Gasteiger partial charge is 0.255 e. The first-order valence-corrected chi connectivity index (χ1v) is 12.1. The molecule has 2 N–H and O–H groups in total. The van der Waals surface area contributed by atoms with Gasteiger partial charge in [0.1, 0.15) is 5.82 Å². The Bertz CT molecular complexity index is 1230. The zero-order valence-electron chi connectivity index (χ0n) is 18.4. The molecular weight excluding hydrogens is 426 g/mol. The Morgan fingerprint density at radius 2 is 1.81 bits per heavy atom. The highest BCUT2D eigenvalue weighted by atomic mass is 32.2. The lowest BCUT2D eigenvalue weighted by Crippen LogP contribution is -2.42. The number of H-pyrrole nitrogens is 1. The molecule has 0 saturated carbocycles. The molecule has 1 amide bonds. The molecule has 1 fully saturated rings. The Labute approximate surface area is 188 Å². The predicted octanol–water partition coefficient (Wildman–Crippen LogP) is 3.70. The summed E-state index contributed by atoms with van der Waals surface area (Å²) in [6.07, 6.45) is 1.01. The van der Waals surface area contributed by atoms with Gasteiger partial charge in [0.2, 0.25) is 10.0 Å². The van der Waals surface area contributed by atoms with Crippen molar-refractivity contribution in [2.45, 2.75) is 32.1 Å². The second-order valence-corrected chi connectivity index (χ2v) is 10.5. The third-order valence-electron chi connectivity index (χ3n) is 5.55. The SMILES string of the molecule is Cc1nc(-c2cccc(NC(=O)c3cccc(S(=O)(=O)N4CC(C)CC(C)C4)c3)c2)n[nH]1. The van der Waals surface area contributed by atoms with Crippen molar-refractivity contribution in [3.8, 4) is 11.4 Å². The van der Waals surface area contributed by atoms with Crippen molar-refractivity contribution in [1.29, 1.82) is 0 Å². The quantitative estimate of drug-likeness (QED) is 0.612. The van der Waals surface area contributed by atoms with Gasteiger partial charge < -0.3 is 5.32 Å². The van der Waals surface area contributed by atoms with Crippen LogP contribution in [0.3, 0.4) is 0 Å². The first-order valence-electron chi connectivity index (χ1n) is 10.6. The van der Waals surface area contributed by atoms with Crippen molar-refractivity contribution >= 4 is 21.6 Å². The maximum absolute atomic E-state index is 13.2. The van der Waals surface area contributed by atoms with Crippen LogP contribution in [-0.4, -0.2) is 46.9 Å². The van der Waals surface area contributed by atoms with Crippen LogP contribution < -0.4 is 5.32 Å². The number of nitrogens with one attached hydrogen (secondary N) is 2. The predicted molar refractivity (Wildman–Crippen MR) is 123 cm³/mol. The molecule has 1 aliphatic rings. The van der Waals surface area contributed by atoms with Gasteiger partial charge in [-0.25, -0.2) is 13.4 Å². The summed E-state index contributed by atoms with van der Waals surface area (Å²) in [7, 11) is -3.66. The number of piperidine rings is 1. The summed E-state index contributed by atoms with van der Waals surface area (Å²) in [5.74, 6) is 1.47. The summed E-state index contributed by atoms with van der Waals surface area (Å²) in [6.45, 7) is 6.94. The molecular formula is C23H27N5O3S. The number of aromatic nitrogens is 3. The lowest BCUT2D eigenvalue weighted by molar-refractivity contribution is 0.102. The van der Waals surface area contributed by atoms with Crippen LogP contribution in [0, 0.1) is 18.8 Å². The van der Waals surface area contributed by atoms with E-state index in [9.17, 15) is 13.2 Å². The van der Waals surface area contributed by atoms with Gasteiger partial charge in [0, 0.05) is 29.9 Å². The minimum absolute atomic E-state index is 0.136. The summed E-state index contributed by atoms with van der Waals surface area (Å²) in [4.78, 5) is 17.3. The number of aryl methyl sites for hydroxylation is 1. The van der Waals surface area contributed by atoms with E-state index >= 15 is 0 Å². The highest BCUT2D eigenvalue weighted by Gasteiger charge is 2.32. The van der Waals surface area contributed by atoms with Crippen molar-refractivity contribution in [2.75, 3.05) is 18.4 Å². The lowest BCUT2D eigenvalue weighted by atomic mass is 9.94. The van der Waals surface area contributed by atoms with Crippen molar-refractivity contribution in [3.63, 3.8) is 0 Å². The standard InChI is InChI=1S/C23H27N5O3S/c1-15-10-16(2)14-28(13-15)32(30,31)21-9-5-7-19(12-21)23(29)25-20-8-4-6-18(11-20)22-24-17(3)26-27-22/h4-9,11-12,15-16H,10,13-14H2,1-3H3,(H,25,29)(H,24,26,27). The zero-order chi connectivity index (χ0) is 22.9. The highest BCUT2D eigenvalue weighted by molar-refractivity contribution is 7.89. The van der Waals surface area contributed by atoms with Crippen LogP contribution in [0.25, 0.3) is 11.4 Å². The van der Waals surface area contributed by atoms with E-state index in [2.05, 4.69) is 34.3 Å². The molecule has 4 rings (SSSR count). The molecule has 0 aliphatic carbocycles. The van der Waals surface area contributed by atoms with Gasteiger partial charge in [0.15, 0.2) is 5.82 Å². The van der Waals surface area contributed by atoms with E-state index in [4.69, 9.17) is 0 Å². The van der Waals surface area contributed by atoms with E-state index in [-0.39, 0.29) is 16.4 Å². The van der Waals surface area contributed by atoms with Gasteiger partial charge in [-0.1, -0.05) is 32.0 Å². The normalized spacial score (nSPS) is 19.6. The number of carbonyl (C=O) groups excluding carboxylic acids is 1. The molecule has 2 unspecified atom stereocenters. The first kappa shape index (κ1) is 22.2. The van der Waals surface area contributed by atoms with E-state index in [0.717, 1.165) is 12.0 Å². The molecule has 2 heterocycles. The van der Waals surface area contributed by atoms with Crippen LogP contribution in [0.15, 0.2) is 53.4 Å². The second-order valence-electron chi connectivity index (χ2n) is 8.58. The topological polar surface area (TPSA) is 108 Å². The highest BCUT2D eigenvalue weighted by Crippen LogP contribution is 2.27. The van der Waals surface area contributed by atoms with Gasteiger partial charge in [0.05, 0.1) is 4.90 Å². The monoisotopic (exact) mass is 453 g/mol. The average molecular weight is 454 g/mol. The van der Waals surface area contributed by atoms with E-state index in [1.165, 1.54) is 10.4 Å². The lowest BCUT2D eigenvalue weighted by Gasteiger charge is -2.34. The van der Waals surface area contributed by atoms with Gasteiger partial charge in [-0.3, -0.25) is 9.89 Å². The van der Waals surface area contributed by atoms with Crippen molar-refractivity contribution in [2.24, 2.45) is 11.8 Å². The zero-order valence-corrected chi connectivity index (χ0v) is 19.2. The van der Waals surface area contributed by atoms with Crippen molar-refractivity contribution in [1.82, 2.24) is 19.5 Å². The Kier molecular flexibility index (Phi) is 6.12. The second kappa shape index (κ2) is 8.84. The summed E-state index contributed by atoms with van der Waals surface area (Å²) >= 11 is 0. The Balaban J connectivity index is 1.54. The third-order valence-corrected chi connectivity index (χ3v) is 7.37. The third kappa shape index (κ3) is 4.73. The summed E-state index contributed by atoms with van der Waals surface area (Å²) in [5, 5.41) is 9.77. The fourth-order valence-electron chi connectivity index (χ4n) is 4.16. The molecule has 9 heteroatoms. The molecule has 8 nitrogen and oxygen atoms in total. The first-order chi connectivity index (χ1) is 15.2. The van der Waals surface area contributed by atoms with E-state index < -0.39 is 10.0 Å². The average Bonchev–Trinajstić information content (AvgIpc) is 3.20. The van der Waals surface area contributed by atoms with Crippen LogP contribution in [0.1, 0.15) is 36.5 Å². The minimum atomic E-state index is -3.66. The minimum Gasteiger partial charge on any atom is -0.322 e. The number of sulfonamides is 1. The van der Waals surface area contributed by atoms with E-state index in [0.29, 0.717) is 42.3 Å². The van der Waals surface area contributed by atoms with E-state index in [1.807, 2.05) is 13.0 Å². The number of amides is 1. The van der Waals surface area contributed by atoms with Crippen molar-refractivity contribution < 1.29 is 13.2 Å². The number of carbonyl (C=O) groups is 1. The summed E-state index contributed by atoms with van der Waals surface area (Å²) < 4.78 is 27.9. The number of aromatic amines is 1. The molecule has 2 atom stereocenters. The maximum atomic E-state index is 13.2. The Hall–Kier alpha value is -3.04. The summed E-state index contributed by atoms with van der Waals surface area (Å²) in [6, 6.07) is 13.4. The molecule has 1 saturated heterocycles. The maximum Gasteiger partial charge on any atom is 0.255 e. The molecule has 2 aromatic carbocycles. The summed E-state index contributed by atoms with van der Waals surface area (Å²) in [5.41, 5.74) is 1.61. The van der Waals surface area contributed by atoms with Gasteiger partial charge in [-0.05, 0) is 55.5 Å². The van der Waals surface area contributed by atoms with Crippen LogP contribution in [0.5, 0.6) is 0 Å². The molecule has 0 radical (unpaired) electrons. The molecule has 0 bridgehead atoms. The van der Waals surface area contributed by atoms with Gasteiger partial charge in [0.25, 0.3) is 5.91 Å². The Morgan fingerprint density at radius 1 is 1.09 bits per heavy atom. The van der Waals surface area contributed by atoms with Crippen LogP contribution >= 0.6 is 0 Å². The van der Waals surface area contributed by atoms with Gasteiger partial charge >= 0.3 is 0 Å². The van der Waals surface area contributed by atoms with Gasteiger partial charge in [-0.15, -0.1) is 0 Å². The number of benzene rings is 2. The number of nitrogens with zero attached hydrogens (tertiary/aromatic N) is 3. The number of hydrogen-bond donors (Lipinski definition) is 2. The van der Waals surface area contributed by atoms with Crippen LogP contribution in [0.4, 0.5) is 5.69 Å². The van der Waals surface area contributed by atoms with Gasteiger partial charge in [-0.2, -0.15) is 9.40 Å². The largest absolute Gasteiger partial charge is 0.322 e. The Morgan fingerprint density at radius 3 is 2.50 bits per heavy atom. The molecule has 32 heavy (non-hydrogen) atoms. The van der Waals surface area contributed by atoms with E-state index in [1.54, 1.807) is 36.4 Å². The molecule has 3 aromatic rings. The number of hydrogen-bond acceptors (Lipinski definition) is 5. The number of rotatable bonds is 5. The molecule has 1 aliphatic heterocycles. The van der Waals surface area contributed by atoms with Crippen LogP contribution in [0.2, 0.25) is 0 Å². The van der Waals surface area contributed by atoms with Crippen molar-refractivity contribution in [3.05, 3.63) is 59.9 Å². The van der Waals surface area contributed by atoms with Crippen LogP contribution in [-0.2, 0) is 10.0 Å². The number of anilines is 1. The molecule has 1 aromatic heterocycles. The fraction of sp³-hybridized carbons (Fsp3) is 0.348.